The van der Waals surface area contributed by atoms with Crippen LogP contribution in [0, 0.1) is 10.5 Å². The van der Waals surface area contributed by atoms with Gasteiger partial charge in [0.25, 0.3) is 0 Å². The molecule has 76 valence electrons. The first kappa shape index (κ1) is 9.21. The number of H-pyrrole nitrogens is 1. The van der Waals surface area contributed by atoms with Crippen LogP contribution in [0.2, 0.25) is 0 Å². The van der Waals surface area contributed by atoms with Crippen LogP contribution in [0.5, 0.6) is 5.75 Å². The molecule has 0 saturated carbocycles. The first-order valence-corrected chi connectivity index (χ1v) is 5.80. The molecule has 1 N–H and O–H groups in total. The quantitative estimate of drug-likeness (QED) is 0.760. The molecule has 1 aromatic carbocycles. The summed E-state index contributed by atoms with van der Waals surface area (Å²) in [6.45, 7) is 2.55. The van der Waals surface area contributed by atoms with Crippen LogP contribution in [0.3, 0.4) is 0 Å². The summed E-state index contributed by atoms with van der Waals surface area (Å²) in [6.07, 6.45) is 0. The zero-order valence-corrected chi connectivity index (χ0v) is 10.3. The Labute approximate surface area is 101 Å². The standard InChI is InChI=1S/C11H9IN2O/c1-6-13-9-5-15-10-4-7(12)2-3-8(10)11(9)14-6/h2-4H,5H2,1H3,(H,13,14). The molecule has 15 heavy (non-hydrogen) atoms. The number of halogens is 1. The van der Waals surface area contributed by atoms with Crippen molar-refractivity contribution in [2.24, 2.45) is 0 Å². The Morgan fingerprint density at radius 1 is 1.47 bits per heavy atom. The molecule has 0 atom stereocenters. The van der Waals surface area contributed by atoms with Gasteiger partial charge >= 0.3 is 0 Å². The lowest BCUT2D eigenvalue weighted by atomic mass is 10.1. The number of rotatable bonds is 0. The fourth-order valence-electron chi connectivity index (χ4n) is 1.83. The van der Waals surface area contributed by atoms with Crippen molar-refractivity contribution >= 4 is 22.6 Å². The molecule has 3 nitrogen and oxygen atoms in total. The van der Waals surface area contributed by atoms with Gasteiger partial charge in [0.05, 0.1) is 11.4 Å². The summed E-state index contributed by atoms with van der Waals surface area (Å²) in [4.78, 5) is 7.70. The van der Waals surface area contributed by atoms with Crippen LogP contribution in [0.15, 0.2) is 18.2 Å². The number of imidazole rings is 1. The molecular formula is C11H9IN2O. The number of aromatic nitrogens is 2. The fraction of sp³-hybridized carbons (Fsp3) is 0.182. The van der Waals surface area contributed by atoms with Gasteiger partial charge in [-0.25, -0.2) is 4.98 Å². The van der Waals surface area contributed by atoms with Gasteiger partial charge in [-0.3, -0.25) is 0 Å². The van der Waals surface area contributed by atoms with Gasteiger partial charge in [-0.05, 0) is 47.7 Å². The van der Waals surface area contributed by atoms with E-state index in [4.69, 9.17) is 4.74 Å². The predicted molar refractivity (Wildman–Crippen MR) is 65.8 cm³/mol. The maximum atomic E-state index is 5.67. The first-order chi connectivity index (χ1) is 7.24. The number of benzene rings is 1. The Balaban J connectivity index is 2.25. The Kier molecular flexibility index (Phi) is 1.98. The van der Waals surface area contributed by atoms with Gasteiger partial charge < -0.3 is 9.72 Å². The second-order valence-corrected chi connectivity index (χ2v) is 4.82. The van der Waals surface area contributed by atoms with E-state index in [2.05, 4.69) is 44.7 Å². The monoisotopic (exact) mass is 312 g/mol. The van der Waals surface area contributed by atoms with Gasteiger partial charge in [-0.2, -0.15) is 0 Å². The molecule has 3 rings (SSSR count). The second kappa shape index (κ2) is 3.23. The third kappa shape index (κ3) is 1.43. The summed E-state index contributed by atoms with van der Waals surface area (Å²) in [7, 11) is 0. The molecule has 0 saturated heterocycles. The van der Waals surface area contributed by atoms with Crippen LogP contribution in [-0.2, 0) is 6.61 Å². The predicted octanol–water partition coefficient (Wildman–Crippen LogP) is 2.88. The van der Waals surface area contributed by atoms with Crippen molar-refractivity contribution in [2.45, 2.75) is 13.5 Å². The van der Waals surface area contributed by atoms with Crippen molar-refractivity contribution in [1.29, 1.82) is 0 Å². The van der Waals surface area contributed by atoms with Crippen LogP contribution in [-0.4, -0.2) is 9.97 Å². The number of hydrogen-bond acceptors (Lipinski definition) is 2. The molecule has 0 unspecified atom stereocenters. The Hall–Kier alpha value is -1.04. The van der Waals surface area contributed by atoms with Crippen LogP contribution in [0.25, 0.3) is 11.3 Å². The lowest BCUT2D eigenvalue weighted by Gasteiger charge is -2.16. The topological polar surface area (TPSA) is 37.9 Å². The largest absolute Gasteiger partial charge is 0.487 e. The van der Waals surface area contributed by atoms with E-state index in [1.54, 1.807) is 0 Å². The molecule has 0 aliphatic carbocycles. The molecule has 2 aromatic rings. The number of aryl methyl sites for hydroxylation is 1. The minimum absolute atomic E-state index is 0.587. The highest BCUT2D eigenvalue weighted by molar-refractivity contribution is 14.1. The van der Waals surface area contributed by atoms with Gasteiger partial charge in [0, 0.05) is 9.13 Å². The van der Waals surface area contributed by atoms with E-state index in [-0.39, 0.29) is 0 Å². The minimum atomic E-state index is 0.587. The number of aromatic amines is 1. The third-order valence-corrected chi connectivity index (χ3v) is 3.14. The maximum absolute atomic E-state index is 5.67. The van der Waals surface area contributed by atoms with Crippen molar-refractivity contribution in [3.63, 3.8) is 0 Å². The molecule has 0 spiro atoms. The lowest BCUT2D eigenvalue weighted by molar-refractivity contribution is 0.297. The molecule has 4 heteroatoms. The minimum Gasteiger partial charge on any atom is -0.487 e. The summed E-state index contributed by atoms with van der Waals surface area (Å²) in [6, 6.07) is 6.18. The van der Waals surface area contributed by atoms with E-state index >= 15 is 0 Å². The highest BCUT2D eigenvalue weighted by Gasteiger charge is 2.20. The third-order valence-electron chi connectivity index (χ3n) is 2.47. The number of fused-ring (bicyclic) bond motifs is 3. The average Bonchev–Trinajstić information content (AvgIpc) is 2.58. The molecule has 2 heterocycles. The van der Waals surface area contributed by atoms with Crippen LogP contribution >= 0.6 is 22.6 Å². The zero-order chi connectivity index (χ0) is 10.4. The van der Waals surface area contributed by atoms with E-state index in [0.29, 0.717) is 6.61 Å². The van der Waals surface area contributed by atoms with E-state index in [0.717, 1.165) is 28.5 Å². The first-order valence-electron chi connectivity index (χ1n) is 4.72. The highest BCUT2D eigenvalue weighted by atomic mass is 127. The molecule has 1 aromatic heterocycles. The number of ether oxygens (including phenoxy) is 1. The van der Waals surface area contributed by atoms with Crippen molar-refractivity contribution in [3.8, 4) is 17.0 Å². The maximum Gasteiger partial charge on any atom is 0.130 e. The van der Waals surface area contributed by atoms with Gasteiger partial charge in [0.15, 0.2) is 0 Å². The van der Waals surface area contributed by atoms with Crippen molar-refractivity contribution in [1.82, 2.24) is 9.97 Å². The smallest absolute Gasteiger partial charge is 0.130 e. The summed E-state index contributed by atoms with van der Waals surface area (Å²) in [5, 5.41) is 0. The van der Waals surface area contributed by atoms with Crippen molar-refractivity contribution in [2.75, 3.05) is 0 Å². The number of hydrogen-bond donors (Lipinski definition) is 1. The Morgan fingerprint density at radius 3 is 3.20 bits per heavy atom. The summed E-state index contributed by atoms with van der Waals surface area (Å²) in [5.41, 5.74) is 3.19. The zero-order valence-electron chi connectivity index (χ0n) is 8.17. The molecule has 0 bridgehead atoms. The summed E-state index contributed by atoms with van der Waals surface area (Å²) >= 11 is 2.28. The van der Waals surface area contributed by atoms with E-state index in [9.17, 15) is 0 Å². The molecule has 0 amide bonds. The number of nitrogens with one attached hydrogen (secondary N) is 1. The van der Waals surface area contributed by atoms with E-state index in [1.165, 1.54) is 3.57 Å². The Morgan fingerprint density at radius 2 is 2.33 bits per heavy atom. The van der Waals surface area contributed by atoms with Gasteiger partial charge in [-0.15, -0.1) is 0 Å². The van der Waals surface area contributed by atoms with E-state index < -0.39 is 0 Å². The molecule has 0 fully saturated rings. The van der Waals surface area contributed by atoms with E-state index in [1.807, 2.05) is 13.0 Å². The SMILES string of the molecule is Cc1nc2c([nH]1)COc1cc(I)ccc1-2. The Bertz CT molecular complexity index is 533. The van der Waals surface area contributed by atoms with Crippen LogP contribution < -0.4 is 4.74 Å². The molecule has 1 aliphatic rings. The fourth-order valence-corrected chi connectivity index (χ4v) is 2.29. The van der Waals surface area contributed by atoms with Gasteiger partial charge in [0.2, 0.25) is 0 Å². The van der Waals surface area contributed by atoms with Gasteiger partial charge in [0.1, 0.15) is 18.2 Å². The molecular weight excluding hydrogens is 303 g/mol. The molecule has 1 aliphatic heterocycles. The highest BCUT2D eigenvalue weighted by Crippen LogP contribution is 2.36. The summed E-state index contributed by atoms with van der Waals surface area (Å²) < 4.78 is 6.85. The second-order valence-electron chi connectivity index (χ2n) is 3.58. The lowest BCUT2D eigenvalue weighted by Crippen LogP contribution is -2.05. The van der Waals surface area contributed by atoms with Crippen LogP contribution in [0.1, 0.15) is 11.5 Å². The van der Waals surface area contributed by atoms with Crippen molar-refractivity contribution in [3.05, 3.63) is 33.3 Å². The average molecular weight is 312 g/mol. The molecule has 0 radical (unpaired) electrons. The normalized spacial score (nSPS) is 12.9. The number of nitrogens with zero attached hydrogens (tertiary/aromatic N) is 1. The van der Waals surface area contributed by atoms with Crippen LogP contribution in [0.4, 0.5) is 0 Å². The van der Waals surface area contributed by atoms with Gasteiger partial charge in [-0.1, -0.05) is 0 Å². The van der Waals surface area contributed by atoms with Crippen molar-refractivity contribution < 1.29 is 4.74 Å². The summed E-state index contributed by atoms with van der Waals surface area (Å²) in [5.74, 6) is 1.87.